The van der Waals surface area contributed by atoms with Gasteiger partial charge in [-0.3, -0.25) is 0 Å². The summed E-state index contributed by atoms with van der Waals surface area (Å²) >= 11 is 0. The topological polar surface area (TPSA) is 46.5 Å². The van der Waals surface area contributed by atoms with E-state index in [1.165, 1.54) is 12.1 Å². The van der Waals surface area contributed by atoms with Gasteiger partial charge in [0.15, 0.2) is 0 Å². The van der Waals surface area contributed by atoms with Gasteiger partial charge in [0.1, 0.15) is 5.75 Å². The highest BCUT2D eigenvalue weighted by Gasteiger charge is 2.36. The molecule has 0 atom stereocenters. The normalized spacial score (nSPS) is 12.1. The molecule has 0 unspecified atom stereocenters. The number of carbonyl (C=O) groups is 1. The second-order valence-corrected chi connectivity index (χ2v) is 4.61. The van der Waals surface area contributed by atoms with Crippen molar-refractivity contribution in [2.45, 2.75) is 12.5 Å². The molecular weight excluding hydrogens is 342 g/mol. The second-order valence-electron chi connectivity index (χ2n) is 4.61. The maximum atomic E-state index is 13.0. The molecule has 2 rings (SSSR count). The van der Waals surface area contributed by atoms with Crippen molar-refractivity contribution in [1.29, 1.82) is 0 Å². The fraction of sp³-hybridized carbons (Fsp3) is 0.133. The molecule has 0 radical (unpaired) electrons. The van der Waals surface area contributed by atoms with Crippen LogP contribution in [0.3, 0.4) is 0 Å². The van der Waals surface area contributed by atoms with E-state index >= 15 is 0 Å². The van der Waals surface area contributed by atoms with Gasteiger partial charge in [-0.15, -0.1) is 13.2 Å². The number of hydrogen-bond donors (Lipinski definition) is 1. The van der Waals surface area contributed by atoms with Crippen LogP contribution < -0.4 is 4.74 Å². The van der Waals surface area contributed by atoms with Gasteiger partial charge in [0.25, 0.3) is 0 Å². The van der Waals surface area contributed by atoms with Crippen molar-refractivity contribution in [3.05, 3.63) is 53.6 Å². The quantitative estimate of drug-likeness (QED) is 0.795. The lowest BCUT2D eigenvalue weighted by Crippen LogP contribution is -2.17. The molecule has 0 saturated carbocycles. The number of para-hydroxylation sites is 1. The van der Waals surface area contributed by atoms with Gasteiger partial charge in [-0.25, -0.2) is 4.79 Å². The van der Waals surface area contributed by atoms with Crippen molar-refractivity contribution in [3.63, 3.8) is 0 Å². The minimum absolute atomic E-state index is 0.253. The Morgan fingerprint density at radius 1 is 0.958 bits per heavy atom. The van der Waals surface area contributed by atoms with Crippen LogP contribution in [0.25, 0.3) is 11.1 Å². The molecule has 0 aliphatic carbocycles. The number of halogens is 6. The van der Waals surface area contributed by atoms with Crippen LogP contribution in [0.5, 0.6) is 5.75 Å². The number of hydrogen-bond acceptors (Lipinski definition) is 2. The Balaban J connectivity index is 2.61. The van der Waals surface area contributed by atoms with E-state index in [4.69, 9.17) is 5.11 Å². The Labute approximate surface area is 131 Å². The van der Waals surface area contributed by atoms with E-state index in [9.17, 15) is 31.1 Å². The zero-order chi connectivity index (χ0) is 18.1. The smallest absolute Gasteiger partial charge is 0.478 e. The molecule has 2 aromatic carbocycles. The molecule has 0 aliphatic rings. The van der Waals surface area contributed by atoms with E-state index in [-0.39, 0.29) is 11.1 Å². The van der Waals surface area contributed by atoms with Crippen LogP contribution in [0.4, 0.5) is 26.3 Å². The molecule has 1 N–H and O–H groups in total. The number of alkyl halides is 6. The van der Waals surface area contributed by atoms with Gasteiger partial charge in [0.05, 0.1) is 11.1 Å². The van der Waals surface area contributed by atoms with Crippen molar-refractivity contribution in [2.24, 2.45) is 0 Å². The van der Waals surface area contributed by atoms with E-state index < -0.39 is 35.4 Å². The zero-order valence-corrected chi connectivity index (χ0v) is 11.6. The average Bonchev–Trinajstić information content (AvgIpc) is 2.44. The first-order valence-corrected chi connectivity index (χ1v) is 6.29. The van der Waals surface area contributed by atoms with E-state index in [1.54, 1.807) is 0 Å². The van der Waals surface area contributed by atoms with E-state index in [1.807, 2.05) is 0 Å². The number of carboxylic acids is 1. The average molecular weight is 350 g/mol. The number of carboxylic acid groups (broad SMARTS) is 1. The number of rotatable bonds is 3. The number of benzene rings is 2. The number of aromatic carboxylic acids is 1. The summed E-state index contributed by atoms with van der Waals surface area (Å²) in [6.07, 6.45) is -10.0. The van der Waals surface area contributed by atoms with Crippen molar-refractivity contribution >= 4 is 5.97 Å². The molecule has 128 valence electrons. The summed E-state index contributed by atoms with van der Waals surface area (Å²) in [7, 11) is 0. The first kappa shape index (κ1) is 17.6. The Kier molecular flexibility index (Phi) is 4.46. The first-order chi connectivity index (χ1) is 11.0. The fourth-order valence-electron chi connectivity index (χ4n) is 2.05. The SMILES string of the molecule is O=C(O)c1ccc(-c2ccccc2OC(F)(F)F)cc1C(F)(F)F. The molecule has 3 nitrogen and oxygen atoms in total. The van der Waals surface area contributed by atoms with Crippen LogP contribution in [0.2, 0.25) is 0 Å². The monoisotopic (exact) mass is 350 g/mol. The van der Waals surface area contributed by atoms with Crippen molar-refractivity contribution in [3.8, 4) is 16.9 Å². The summed E-state index contributed by atoms with van der Waals surface area (Å²) < 4.78 is 80.0. The molecule has 0 saturated heterocycles. The standard InChI is InChI=1S/C15H8F6O3/c16-14(17,18)11-7-8(5-6-10(11)13(22)23)9-3-1-2-4-12(9)24-15(19,20)21/h1-7H,(H,22,23). The summed E-state index contributed by atoms with van der Waals surface area (Å²) in [4.78, 5) is 10.9. The predicted octanol–water partition coefficient (Wildman–Crippen LogP) is 4.97. The molecule has 0 amide bonds. The minimum atomic E-state index is -5.02. The largest absolute Gasteiger partial charge is 0.573 e. The molecular formula is C15H8F6O3. The molecule has 0 bridgehead atoms. The van der Waals surface area contributed by atoms with Gasteiger partial charge in [0, 0.05) is 5.56 Å². The van der Waals surface area contributed by atoms with Gasteiger partial charge in [-0.05, 0) is 23.8 Å². The van der Waals surface area contributed by atoms with Gasteiger partial charge >= 0.3 is 18.5 Å². The van der Waals surface area contributed by atoms with Crippen molar-refractivity contribution < 1.29 is 41.0 Å². The highest BCUT2D eigenvalue weighted by atomic mass is 19.4. The second kappa shape index (κ2) is 6.06. The van der Waals surface area contributed by atoms with Crippen molar-refractivity contribution in [1.82, 2.24) is 0 Å². The summed E-state index contributed by atoms with van der Waals surface area (Å²) in [5.41, 5.74) is -2.97. The van der Waals surface area contributed by atoms with Crippen LogP contribution in [-0.2, 0) is 6.18 Å². The Hall–Kier alpha value is -2.71. The lowest BCUT2D eigenvalue weighted by atomic mass is 9.98. The first-order valence-electron chi connectivity index (χ1n) is 6.29. The lowest BCUT2D eigenvalue weighted by molar-refractivity contribution is -0.274. The van der Waals surface area contributed by atoms with E-state index in [0.717, 1.165) is 18.2 Å². The lowest BCUT2D eigenvalue weighted by Gasteiger charge is -2.15. The Morgan fingerprint density at radius 2 is 1.58 bits per heavy atom. The summed E-state index contributed by atoms with van der Waals surface area (Å²) in [6, 6.07) is 6.76. The van der Waals surface area contributed by atoms with Crippen molar-refractivity contribution in [2.75, 3.05) is 0 Å². The van der Waals surface area contributed by atoms with Crippen LogP contribution >= 0.6 is 0 Å². The highest BCUT2D eigenvalue weighted by molar-refractivity contribution is 5.91. The van der Waals surface area contributed by atoms with Crippen LogP contribution in [0.15, 0.2) is 42.5 Å². The Bertz CT molecular complexity index is 765. The van der Waals surface area contributed by atoms with Crippen LogP contribution in [0, 0.1) is 0 Å². The molecule has 2 aromatic rings. The minimum Gasteiger partial charge on any atom is -0.478 e. The molecule has 24 heavy (non-hydrogen) atoms. The maximum absolute atomic E-state index is 13.0. The highest BCUT2D eigenvalue weighted by Crippen LogP contribution is 2.38. The molecule has 0 aliphatic heterocycles. The van der Waals surface area contributed by atoms with Gasteiger partial charge in [0.2, 0.25) is 0 Å². The van der Waals surface area contributed by atoms with Gasteiger partial charge < -0.3 is 9.84 Å². The molecule has 0 fully saturated rings. The summed E-state index contributed by atoms with van der Waals surface area (Å²) in [5.74, 6) is -2.49. The third kappa shape index (κ3) is 3.98. The van der Waals surface area contributed by atoms with Crippen LogP contribution in [0.1, 0.15) is 15.9 Å². The van der Waals surface area contributed by atoms with E-state index in [0.29, 0.717) is 12.1 Å². The zero-order valence-electron chi connectivity index (χ0n) is 11.6. The number of ether oxygens (including phenoxy) is 1. The predicted molar refractivity (Wildman–Crippen MR) is 70.5 cm³/mol. The fourth-order valence-corrected chi connectivity index (χ4v) is 2.05. The van der Waals surface area contributed by atoms with Crippen LogP contribution in [-0.4, -0.2) is 17.4 Å². The maximum Gasteiger partial charge on any atom is 0.573 e. The third-order valence-electron chi connectivity index (χ3n) is 2.98. The van der Waals surface area contributed by atoms with Gasteiger partial charge in [-0.1, -0.05) is 24.3 Å². The summed E-state index contributed by atoms with van der Waals surface area (Å²) in [5, 5.41) is 8.82. The van der Waals surface area contributed by atoms with Gasteiger partial charge in [-0.2, -0.15) is 13.2 Å². The molecule has 0 heterocycles. The molecule has 0 aromatic heterocycles. The molecule has 9 heteroatoms. The molecule has 0 spiro atoms. The third-order valence-corrected chi connectivity index (χ3v) is 2.98. The summed E-state index contributed by atoms with van der Waals surface area (Å²) in [6.45, 7) is 0. The van der Waals surface area contributed by atoms with E-state index in [2.05, 4.69) is 4.74 Å². The Morgan fingerprint density at radius 3 is 2.12 bits per heavy atom.